The first-order chi connectivity index (χ1) is 15.8. The van der Waals surface area contributed by atoms with Crippen LogP contribution in [-0.2, 0) is 13.1 Å². The zero-order valence-electron chi connectivity index (χ0n) is 19.6. The number of carbonyl (C=O) groups excluding carboxylic acids is 1. The van der Waals surface area contributed by atoms with Gasteiger partial charge in [-0.1, -0.05) is 44.5 Å². The van der Waals surface area contributed by atoms with Crippen molar-refractivity contribution >= 4 is 11.5 Å². The van der Waals surface area contributed by atoms with Gasteiger partial charge in [0.05, 0.1) is 17.6 Å². The second kappa shape index (κ2) is 10.8. The number of nitrogens with zero attached hydrogens (tertiary/aromatic N) is 3. The first kappa shape index (κ1) is 24.1. The minimum atomic E-state index is -0.313. The highest BCUT2D eigenvalue weighted by atomic mass is 16.1. The third kappa shape index (κ3) is 6.02. The van der Waals surface area contributed by atoms with Crippen LogP contribution in [0.4, 0.5) is 0 Å². The Morgan fingerprint density at radius 1 is 1.21 bits per heavy atom. The summed E-state index contributed by atoms with van der Waals surface area (Å²) in [5.41, 5.74) is 10.4. The van der Waals surface area contributed by atoms with E-state index in [0.29, 0.717) is 29.5 Å². The fourth-order valence-corrected chi connectivity index (χ4v) is 3.42. The Kier molecular flexibility index (Phi) is 7.90. The van der Waals surface area contributed by atoms with Crippen molar-refractivity contribution in [1.29, 1.82) is 0 Å². The van der Waals surface area contributed by atoms with Crippen LogP contribution in [0.15, 0.2) is 59.7 Å². The zero-order chi connectivity index (χ0) is 24.0. The molecule has 7 nitrogen and oxygen atoms in total. The molecule has 2 heterocycles. The van der Waals surface area contributed by atoms with Gasteiger partial charge in [-0.15, -0.1) is 0 Å². The van der Waals surface area contributed by atoms with Crippen LogP contribution in [0.2, 0.25) is 0 Å². The van der Waals surface area contributed by atoms with Gasteiger partial charge in [0, 0.05) is 42.7 Å². The standard InChI is InChI=1S/C26H31N5O2/c1-5-17(2)15-31-16-21(10-11-25(31)33)23-14-29-18(3)26(30-23)24(32)12-22(27)20-8-6-19(7-9-20)13-28-4/h6-12,14,16-17,28H,5,13,15,27H2,1-4H3/t17-/m0/s1. The quantitative estimate of drug-likeness (QED) is 0.386. The Balaban J connectivity index is 1.89. The molecule has 0 unspecified atom stereocenters. The van der Waals surface area contributed by atoms with Crippen molar-refractivity contribution < 1.29 is 4.79 Å². The van der Waals surface area contributed by atoms with Gasteiger partial charge >= 0.3 is 0 Å². The number of pyridine rings is 1. The van der Waals surface area contributed by atoms with Crippen molar-refractivity contribution in [3.8, 4) is 11.3 Å². The molecule has 3 N–H and O–H groups in total. The number of carbonyl (C=O) groups is 1. The van der Waals surface area contributed by atoms with Crippen molar-refractivity contribution in [1.82, 2.24) is 19.9 Å². The predicted molar refractivity (Wildman–Crippen MR) is 132 cm³/mol. The highest BCUT2D eigenvalue weighted by molar-refractivity contribution is 6.07. The number of ketones is 1. The Hall–Kier alpha value is -3.58. The minimum Gasteiger partial charge on any atom is -0.398 e. The maximum Gasteiger partial charge on any atom is 0.250 e. The lowest BCUT2D eigenvalue weighted by Crippen LogP contribution is -2.21. The Labute approximate surface area is 194 Å². The van der Waals surface area contributed by atoms with Crippen molar-refractivity contribution in [2.24, 2.45) is 11.7 Å². The first-order valence-corrected chi connectivity index (χ1v) is 11.1. The summed E-state index contributed by atoms with van der Waals surface area (Å²) in [6.07, 6.45) is 5.76. The average Bonchev–Trinajstić information content (AvgIpc) is 2.81. The molecule has 0 aliphatic heterocycles. The van der Waals surface area contributed by atoms with Crippen molar-refractivity contribution in [2.75, 3.05) is 7.05 Å². The normalized spacial score (nSPS) is 12.5. The third-order valence-electron chi connectivity index (χ3n) is 5.63. The second-order valence-electron chi connectivity index (χ2n) is 8.30. The first-order valence-electron chi connectivity index (χ1n) is 11.1. The summed E-state index contributed by atoms with van der Waals surface area (Å²) >= 11 is 0. The molecule has 0 amide bonds. The second-order valence-corrected chi connectivity index (χ2v) is 8.30. The van der Waals surface area contributed by atoms with Crippen LogP contribution in [0.1, 0.15) is 47.6 Å². The topological polar surface area (TPSA) is 103 Å². The number of rotatable bonds is 9. The van der Waals surface area contributed by atoms with Crippen LogP contribution in [0, 0.1) is 12.8 Å². The van der Waals surface area contributed by atoms with Gasteiger partial charge < -0.3 is 15.6 Å². The third-order valence-corrected chi connectivity index (χ3v) is 5.63. The fraction of sp³-hybridized carbons (Fsp3) is 0.308. The van der Waals surface area contributed by atoms with Gasteiger partial charge in [0.1, 0.15) is 5.69 Å². The smallest absolute Gasteiger partial charge is 0.250 e. The monoisotopic (exact) mass is 445 g/mol. The summed E-state index contributed by atoms with van der Waals surface area (Å²) in [4.78, 5) is 34.2. The predicted octanol–water partition coefficient (Wildman–Crippen LogP) is 3.56. The molecule has 1 aromatic carbocycles. The number of nitrogens with one attached hydrogen (secondary N) is 1. The maximum absolute atomic E-state index is 13.0. The van der Waals surface area contributed by atoms with E-state index in [9.17, 15) is 9.59 Å². The van der Waals surface area contributed by atoms with Crippen LogP contribution in [0.3, 0.4) is 0 Å². The van der Waals surface area contributed by atoms with E-state index >= 15 is 0 Å². The molecule has 0 aliphatic carbocycles. The highest BCUT2D eigenvalue weighted by Gasteiger charge is 2.14. The number of hydrogen-bond acceptors (Lipinski definition) is 6. The number of hydrogen-bond donors (Lipinski definition) is 2. The molecular formula is C26H31N5O2. The van der Waals surface area contributed by atoms with Gasteiger partial charge in [0.25, 0.3) is 5.56 Å². The van der Waals surface area contributed by atoms with Gasteiger partial charge in [0.15, 0.2) is 0 Å². The van der Waals surface area contributed by atoms with Crippen LogP contribution in [-0.4, -0.2) is 27.4 Å². The average molecular weight is 446 g/mol. The molecule has 33 heavy (non-hydrogen) atoms. The van der Waals surface area contributed by atoms with E-state index in [1.165, 1.54) is 12.1 Å². The summed E-state index contributed by atoms with van der Waals surface area (Å²) < 4.78 is 1.68. The van der Waals surface area contributed by atoms with Gasteiger partial charge in [-0.2, -0.15) is 0 Å². The number of nitrogens with two attached hydrogens (primary N) is 1. The molecule has 0 spiro atoms. The largest absolute Gasteiger partial charge is 0.398 e. The fourth-order valence-electron chi connectivity index (χ4n) is 3.42. The summed E-state index contributed by atoms with van der Waals surface area (Å²) in [5, 5.41) is 3.10. The molecule has 0 saturated carbocycles. The lowest BCUT2D eigenvalue weighted by molar-refractivity contribution is 0.104. The number of benzene rings is 1. The summed E-state index contributed by atoms with van der Waals surface area (Å²) in [7, 11) is 1.89. The Morgan fingerprint density at radius 3 is 2.61 bits per heavy atom. The van der Waals surface area contributed by atoms with Crippen LogP contribution in [0.5, 0.6) is 0 Å². The van der Waals surface area contributed by atoms with E-state index in [2.05, 4.69) is 29.1 Å². The van der Waals surface area contributed by atoms with Crippen LogP contribution in [0.25, 0.3) is 17.0 Å². The molecular weight excluding hydrogens is 414 g/mol. The molecule has 3 aromatic rings. The molecule has 7 heteroatoms. The summed E-state index contributed by atoms with van der Waals surface area (Å²) in [6.45, 7) is 7.32. The Morgan fingerprint density at radius 2 is 1.94 bits per heavy atom. The van der Waals surface area contributed by atoms with Gasteiger partial charge in [-0.25, -0.2) is 4.98 Å². The van der Waals surface area contributed by atoms with Crippen LogP contribution >= 0.6 is 0 Å². The molecule has 0 fully saturated rings. The number of allylic oxidation sites excluding steroid dienone is 1. The Bertz CT molecular complexity index is 1210. The summed E-state index contributed by atoms with van der Waals surface area (Å²) in [5.74, 6) is 0.0613. The molecule has 0 aliphatic rings. The molecule has 2 aromatic heterocycles. The van der Waals surface area contributed by atoms with E-state index in [1.807, 2.05) is 31.3 Å². The lowest BCUT2D eigenvalue weighted by atomic mass is 10.1. The summed E-state index contributed by atoms with van der Waals surface area (Å²) in [6, 6.07) is 11.0. The van der Waals surface area contributed by atoms with Crippen molar-refractivity contribution in [3.05, 3.63) is 87.7 Å². The van der Waals surface area contributed by atoms with Crippen molar-refractivity contribution in [3.63, 3.8) is 0 Å². The van der Waals surface area contributed by atoms with Crippen LogP contribution < -0.4 is 16.6 Å². The molecule has 0 bridgehead atoms. The number of aromatic nitrogens is 3. The minimum absolute atomic E-state index is 0.0631. The van der Waals surface area contributed by atoms with E-state index < -0.39 is 0 Å². The zero-order valence-corrected chi connectivity index (χ0v) is 19.6. The molecule has 1 atom stereocenters. The van der Waals surface area contributed by atoms with E-state index in [1.54, 1.807) is 30.0 Å². The van der Waals surface area contributed by atoms with Gasteiger partial charge in [-0.05, 0) is 37.1 Å². The van der Waals surface area contributed by atoms with E-state index in [-0.39, 0.29) is 17.0 Å². The highest BCUT2D eigenvalue weighted by Crippen LogP contribution is 2.18. The lowest BCUT2D eigenvalue weighted by Gasteiger charge is -2.13. The molecule has 0 radical (unpaired) electrons. The van der Waals surface area contributed by atoms with Gasteiger partial charge in [0.2, 0.25) is 5.78 Å². The van der Waals surface area contributed by atoms with Gasteiger partial charge in [-0.3, -0.25) is 14.6 Å². The molecule has 0 saturated heterocycles. The van der Waals surface area contributed by atoms with Crippen molar-refractivity contribution in [2.45, 2.75) is 40.3 Å². The molecule has 172 valence electrons. The maximum atomic E-state index is 13.0. The molecule has 3 rings (SSSR count). The SMILES string of the molecule is CC[C@H](C)Cn1cc(-c2cnc(C)c(C(=O)C=C(N)c3ccc(CNC)cc3)n2)ccc1=O. The number of aryl methyl sites for hydroxylation is 1. The van der Waals surface area contributed by atoms with E-state index in [0.717, 1.165) is 29.7 Å². The van der Waals surface area contributed by atoms with E-state index in [4.69, 9.17) is 5.73 Å².